The first-order valence-corrected chi connectivity index (χ1v) is 6.31. The number of hydrogen-bond acceptors (Lipinski definition) is 3. The van der Waals surface area contributed by atoms with Crippen molar-refractivity contribution in [2.24, 2.45) is 0 Å². The van der Waals surface area contributed by atoms with Gasteiger partial charge in [-0.1, -0.05) is 20.8 Å². The normalized spacial score (nSPS) is 10.8. The fourth-order valence-corrected chi connectivity index (χ4v) is 2.11. The van der Waals surface area contributed by atoms with E-state index in [1.54, 1.807) is 17.8 Å². The van der Waals surface area contributed by atoms with Gasteiger partial charge < -0.3 is 10.5 Å². The summed E-state index contributed by atoms with van der Waals surface area (Å²) in [7, 11) is 0. The molecule has 0 aliphatic carbocycles. The average molecular weight is 243 g/mol. The van der Waals surface area contributed by atoms with Crippen LogP contribution in [0.5, 0.6) is 5.75 Å². The predicted molar refractivity (Wildman–Crippen MR) is 67.6 cm³/mol. The zero-order chi connectivity index (χ0) is 12.1. The zero-order valence-corrected chi connectivity index (χ0v) is 10.7. The van der Waals surface area contributed by atoms with Crippen LogP contribution in [0.1, 0.15) is 27.2 Å². The minimum Gasteiger partial charge on any atom is -0.490 e. The number of thioether (sulfide) groups is 1. The van der Waals surface area contributed by atoms with Gasteiger partial charge >= 0.3 is 0 Å². The van der Waals surface area contributed by atoms with E-state index in [2.05, 4.69) is 13.8 Å². The monoisotopic (exact) mass is 243 g/mol. The van der Waals surface area contributed by atoms with Crippen LogP contribution >= 0.6 is 11.8 Å². The fourth-order valence-electron chi connectivity index (χ4n) is 1.23. The smallest absolute Gasteiger partial charge is 0.167 e. The Kier molecular flexibility index (Phi) is 4.93. The lowest BCUT2D eigenvalue weighted by Crippen LogP contribution is -2.00. The van der Waals surface area contributed by atoms with Gasteiger partial charge in [0.25, 0.3) is 0 Å². The fraction of sp³-hybridized carbons (Fsp3) is 0.500. The van der Waals surface area contributed by atoms with Gasteiger partial charge in [-0.25, -0.2) is 4.39 Å². The summed E-state index contributed by atoms with van der Waals surface area (Å²) >= 11 is 1.61. The molecule has 0 spiro atoms. The second kappa shape index (κ2) is 5.99. The second-order valence-corrected chi connectivity index (χ2v) is 5.45. The Hall–Kier alpha value is -0.900. The number of nitrogens with two attached hydrogens (primary N) is 1. The third kappa shape index (κ3) is 3.59. The molecule has 0 saturated carbocycles. The number of ether oxygens (including phenoxy) is 1. The van der Waals surface area contributed by atoms with Gasteiger partial charge in [-0.2, -0.15) is 0 Å². The van der Waals surface area contributed by atoms with Gasteiger partial charge in [-0.15, -0.1) is 11.8 Å². The Morgan fingerprint density at radius 2 is 2.12 bits per heavy atom. The van der Waals surface area contributed by atoms with Crippen LogP contribution in [0.4, 0.5) is 10.1 Å². The van der Waals surface area contributed by atoms with E-state index in [4.69, 9.17) is 10.5 Å². The van der Waals surface area contributed by atoms with Crippen LogP contribution < -0.4 is 10.5 Å². The molecule has 0 aliphatic rings. The minimum atomic E-state index is -0.390. The Bertz CT molecular complexity index is 355. The lowest BCUT2D eigenvalue weighted by molar-refractivity contribution is 0.300. The summed E-state index contributed by atoms with van der Waals surface area (Å²) in [6, 6.07) is 3.01. The highest BCUT2D eigenvalue weighted by atomic mass is 32.2. The van der Waals surface area contributed by atoms with Crippen molar-refractivity contribution in [3.63, 3.8) is 0 Å². The molecule has 0 aromatic heterocycles. The van der Waals surface area contributed by atoms with Crippen molar-refractivity contribution in [2.45, 2.75) is 37.3 Å². The molecule has 0 heterocycles. The molecule has 1 aromatic rings. The molecular formula is C12H18FNOS. The van der Waals surface area contributed by atoms with Crippen molar-refractivity contribution >= 4 is 17.4 Å². The van der Waals surface area contributed by atoms with Crippen molar-refractivity contribution < 1.29 is 9.13 Å². The van der Waals surface area contributed by atoms with E-state index in [0.29, 0.717) is 23.3 Å². The number of nitrogen functional groups attached to an aromatic ring is 1. The Morgan fingerprint density at radius 3 is 2.69 bits per heavy atom. The largest absolute Gasteiger partial charge is 0.490 e. The molecule has 4 heteroatoms. The highest BCUT2D eigenvalue weighted by molar-refractivity contribution is 8.00. The lowest BCUT2D eigenvalue weighted by Gasteiger charge is -2.12. The van der Waals surface area contributed by atoms with Gasteiger partial charge in [0.1, 0.15) is 0 Å². The van der Waals surface area contributed by atoms with E-state index in [-0.39, 0.29) is 5.82 Å². The molecule has 0 aliphatic heterocycles. The number of benzene rings is 1. The van der Waals surface area contributed by atoms with E-state index in [1.165, 1.54) is 6.07 Å². The average Bonchev–Trinajstić information content (AvgIpc) is 2.20. The van der Waals surface area contributed by atoms with Gasteiger partial charge in [0.2, 0.25) is 0 Å². The van der Waals surface area contributed by atoms with Crippen molar-refractivity contribution in [3.8, 4) is 5.75 Å². The number of rotatable bonds is 5. The first-order valence-electron chi connectivity index (χ1n) is 5.43. The van der Waals surface area contributed by atoms with Crippen molar-refractivity contribution in [1.29, 1.82) is 0 Å². The van der Waals surface area contributed by atoms with Crippen LogP contribution in [0, 0.1) is 5.82 Å². The standard InChI is InChI=1S/C12H18FNOS/c1-4-5-15-11-7-12(16-8(2)3)10(14)6-9(11)13/h6-8H,4-5,14H2,1-3H3. The van der Waals surface area contributed by atoms with E-state index >= 15 is 0 Å². The van der Waals surface area contributed by atoms with Crippen molar-refractivity contribution in [2.75, 3.05) is 12.3 Å². The van der Waals surface area contributed by atoms with E-state index in [9.17, 15) is 4.39 Å². The molecule has 0 amide bonds. The molecular weight excluding hydrogens is 225 g/mol. The molecule has 0 atom stereocenters. The highest BCUT2D eigenvalue weighted by Crippen LogP contribution is 2.33. The van der Waals surface area contributed by atoms with Crippen LogP contribution in [0.15, 0.2) is 17.0 Å². The molecule has 0 saturated heterocycles. The molecule has 1 rings (SSSR count). The summed E-state index contributed by atoms with van der Waals surface area (Å²) in [5.74, 6) is -0.0988. The second-order valence-electron chi connectivity index (χ2n) is 3.84. The molecule has 0 bridgehead atoms. The summed E-state index contributed by atoms with van der Waals surface area (Å²) in [5.41, 5.74) is 6.22. The topological polar surface area (TPSA) is 35.2 Å². The Morgan fingerprint density at radius 1 is 1.44 bits per heavy atom. The van der Waals surface area contributed by atoms with E-state index in [1.807, 2.05) is 6.92 Å². The molecule has 1 aromatic carbocycles. The van der Waals surface area contributed by atoms with Crippen LogP contribution in [0.2, 0.25) is 0 Å². The van der Waals surface area contributed by atoms with Crippen molar-refractivity contribution in [1.82, 2.24) is 0 Å². The van der Waals surface area contributed by atoms with E-state index in [0.717, 1.165) is 11.3 Å². The molecule has 0 fully saturated rings. The van der Waals surface area contributed by atoms with Gasteiger partial charge in [0.15, 0.2) is 11.6 Å². The summed E-state index contributed by atoms with van der Waals surface area (Å²) in [6.45, 7) is 6.64. The third-order valence-electron chi connectivity index (χ3n) is 1.89. The summed E-state index contributed by atoms with van der Waals surface area (Å²) < 4.78 is 18.8. The predicted octanol–water partition coefficient (Wildman–Crippen LogP) is 3.70. The van der Waals surface area contributed by atoms with Crippen LogP contribution in [0.3, 0.4) is 0 Å². The van der Waals surface area contributed by atoms with Gasteiger partial charge in [-0.3, -0.25) is 0 Å². The highest BCUT2D eigenvalue weighted by Gasteiger charge is 2.10. The Labute approximate surface area is 100 Å². The number of hydrogen-bond donors (Lipinski definition) is 1. The SMILES string of the molecule is CCCOc1cc(SC(C)C)c(N)cc1F. The molecule has 0 unspecified atom stereocenters. The maximum atomic E-state index is 13.5. The first-order chi connectivity index (χ1) is 7.54. The molecule has 2 nitrogen and oxygen atoms in total. The van der Waals surface area contributed by atoms with Crippen LogP contribution in [-0.2, 0) is 0 Å². The van der Waals surface area contributed by atoms with Crippen LogP contribution in [-0.4, -0.2) is 11.9 Å². The van der Waals surface area contributed by atoms with Crippen LogP contribution in [0.25, 0.3) is 0 Å². The summed E-state index contributed by atoms with van der Waals surface area (Å²) in [4.78, 5) is 0.877. The molecule has 90 valence electrons. The summed E-state index contributed by atoms with van der Waals surface area (Å²) in [6.07, 6.45) is 0.858. The third-order valence-corrected chi connectivity index (χ3v) is 2.97. The maximum Gasteiger partial charge on any atom is 0.167 e. The molecule has 16 heavy (non-hydrogen) atoms. The summed E-state index contributed by atoms with van der Waals surface area (Å²) in [5, 5.41) is 0.409. The zero-order valence-electron chi connectivity index (χ0n) is 9.92. The van der Waals surface area contributed by atoms with Gasteiger partial charge in [0.05, 0.1) is 6.61 Å². The quantitative estimate of drug-likeness (QED) is 0.632. The molecule has 0 radical (unpaired) electrons. The number of anilines is 1. The minimum absolute atomic E-state index is 0.291. The number of halogens is 1. The molecule has 2 N–H and O–H groups in total. The van der Waals surface area contributed by atoms with Gasteiger partial charge in [-0.05, 0) is 12.5 Å². The van der Waals surface area contributed by atoms with Gasteiger partial charge in [0, 0.05) is 21.9 Å². The lowest BCUT2D eigenvalue weighted by atomic mass is 10.3. The Balaban J connectivity index is 2.92. The van der Waals surface area contributed by atoms with E-state index < -0.39 is 0 Å². The van der Waals surface area contributed by atoms with Crippen molar-refractivity contribution in [3.05, 3.63) is 17.9 Å². The first kappa shape index (κ1) is 13.2. The maximum absolute atomic E-state index is 13.5.